The molecule has 2 aliphatic rings. The molecule has 1 aromatic carbocycles. The lowest BCUT2D eigenvalue weighted by Crippen LogP contribution is -2.48. The zero-order valence-corrected chi connectivity index (χ0v) is 15.3. The fraction of sp³-hybridized carbons (Fsp3) is 0.500. The average molecular weight is 353 g/mol. The number of aromatic amines is 1. The first-order chi connectivity index (χ1) is 12.7. The van der Waals surface area contributed by atoms with Crippen LogP contribution in [0.15, 0.2) is 36.5 Å². The van der Waals surface area contributed by atoms with E-state index in [1.807, 2.05) is 4.90 Å². The van der Waals surface area contributed by atoms with E-state index in [0.717, 1.165) is 56.8 Å². The van der Waals surface area contributed by atoms with Gasteiger partial charge in [-0.25, -0.2) is 4.79 Å². The Labute approximate surface area is 154 Å². The van der Waals surface area contributed by atoms with E-state index in [9.17, 15) is 4.79 Å². The highest BCUT2D eigenvalue weighted by molar-refractivity contribution is 5.93. The SMILES string of the molecule is CC(NC(=O)N1CCCc2[nH]ncc21)C1CCN(Cc2ccccc2)C1. The van der Waals surface area contributed by atoms with Crippen LogP contribution in [0.3, 0.4) is 0 Å². The van der Waals surface area contributed by atoms with Gasteiger partial charge < -0.3 is 5.32 Å². The van der Waals surface area contributed by atoms with Crippen LogP contribution in [0.4, 0.5) is 10.5 Å². The molecule has 2 amide bonds. The summed E-state index contributed by atoms with van der Waals surface area (Å²) in [5.74, 6) is 0.497. The Hall–Kier alpha value is -2.34. The lowest BCUT2D eigenvalue weighted by molar-refractivity contribution is 0.236. The largest absolute Gasteiger partial charge is 0.335 e. The van der Waals surface area contributed by atoms with E-state index in [-0.39, 0.29) is 12.1 Å². The van der Waals surface area contributed by atoms with E-state index in [1.165, 1.54) is 5.56 Å². The smallest absolute Gasteiger partial charge is 0.322 e. The van der Waals surface area contributed by atoms with Crippen LogP contribution in [0, 0.1) is 5.92 Å². The lowest BCUT2D eigenvalue weighted by Gasteiger charge is -2.29. The van der Waals surface area contributed by atoms with Crippen molar-refractivity contribution in [2.75, 3.05) is 24.5 Å². The first-order valence-corrected chi connectivity index (χ1v) is 9.57. The Bertz CT molecular complexity index is 744. The number of urea groups is 1. The normalized spacial score (nSPS) is 21.4. The van der Waals surface area contributed by atoms with Crippen molar-refractivity contribution >= 4 is 11.7 Å². The van der Waals surface area contributed by atoms with E-state index >= 15 is 0 Å². The molecule has 0 bridgehead atoms. The number of nitrogens with zero attached hydrogens (tertiary/aromatic N) is 3. The van der Waals surface area contributed by atoms with Crippen LogP contribution < -0.4 is 10.2 Å². The second kappa shape index (κ2) is 7.50. The van der Waals surface area contributed by atoms with Gasteiger partial charge in [0.25, 0.3) is 0 Å². The van der Waals surface area contributed by atoms with Crippen molar-refractivity contribution in [2.24, 2.45) is 5.92 Å². The highest BCUT2D eigenvalue weighted by Gasteiger charge is 2.30. The third-order valence-electron chi connectivity index (χ3n) is 5.66. The van der Waals surface area contributed by atoms with Crippen molar-refractivity contribution < 1.29 is 4.79 Å². The fourth-order valence-corrected chi connectivity index (χ4v) is 4.11. The third kappa shape index (κ3) is 3.60. The number of carbonyl (C=O) groups is 1. The van der Waals surface area contributed by atoms with Gasteiger partial charge in [0.15, 0.2) is 0 Å². The molecule has 26 heavy (non-hydrogen) atoms. The number of fused-ring (bicyclic) bond motifs is 1. The highest BCUT2D eigenvalue weighted by Crippen LogP contribution is 2.26. The van der Waals surface area contributed by atoms with Gasteiger partial charge in [0, 0.05) is 25.7 Å². The quantitative estimate of drug-likeness (QED) is 0.888. The number of hydrogen-bond donors (Lipinski definition) is 2. The first kappa shape index (κ1) is 17.1. The minimum atomic E-state index is 0.00126. The molecule has 0 spiro atoms. The average Bonchev–Trinajstić information content (AvgIpc) is 3.31. The molecular formula is C20H27N5O. The number of benzene rings is 1. The van der Waals surface area contributed by atoms with E-state index in [2.05, 4.69) is 57.7 Å². The summed E-state index contributed by atoms with van der Waals surface area (Å²) in [7, 11) is 0. The maximum atomic E-state index is 12.8. The van der Waals surface area contributed by atoms with E-state index < -0.39 is 0 Å². The minimum absolute atomic E-state index is 0.00126. The zero-order chi connectivity index (χ0) is 17.9. The Morgan fingerprint density at radius 3 is 3.04 bits per heavy atom. The van der Waals surface area contributed by atoms with Crippen LogP contribution in [0.2, 0.25) is 0 Å². The maximum Gasteiger partial charge on any atom is 0.322 e. The molecule has 1 aromatic heterocycles. The van der Waals surface area contributed by atoms with Crippen LogP contribution in [-0.2, 0) is 13.0 Å². The Balaban J connectivity index is 1.32. The molecule has 0 radical (unpaired) electrons. The number of nitrogens with one attached hydrogen (secondary N) is 2. The van der Waals surface area contributed by atoms with Crippen molar-refractivity contribution in [3.8, 4) is 0 Å². The van der Waals surface area contributed by atoms with E-state index in [1.54, 1.807) is 6.20 Å². The summed E-state index contributed by atoms with van der Waals surface area (Å²) < 4.78 is 0. The zero-order valence-electron chi connectivity index (χ0n) is 15.3. The topological polar surface area (TPSA) is 64.3 Å². The molecule has 6 nitrogen and oxygen atoms in total. The van der Waals surface area contributed by atoms with Gasteiger partial charge in [-0.05, 0) is 44.2 Å². The van der Waals surface area contributed by atoms with Crippen LogP contribution in [0.5, 0.6) is 0 Å². The molecular weight excluding hydrogens is 326 g/mol. The molecule has 2 unspecified atom stereocenters. The molecule has 6 heteroatoms. The Morgan fingerprint density at radius 1 is 1.35 bits per heavy atom. The molecule has 2 aliphatic heterocycles. The van der Waals surface area contributed by atoms with Crippen molar-refractivity contribution in [3.63, 3.8) is 0 Å². The highest BCUT2D eigenvalue weighted by atomic mass is 16.2. The van der Waals surface area contributed by atoms with Gasteiger partial charge in [0.2, 0.25) is 0 Å². The number of aromatic nitrogens is 2. The number of hydrogen-bond acceptors (Lipinski definition) is 3. The predicted molar refractivity (Wildman–Crippen MR) is 102 cm³/mol. The molecule has 2 aromatic rings. The van der Waals surface area contributed by atoms with Crippen molar-refractivity contribution in [3.05, 3.63) is 47.8 Å². The standard InChI is InChI=1S/C20H27N5O/c1-15(17-9-11-24(14-17)13-16-6-3-2-4-7-16)22-20(26)25-10-5-8-18-19(25)12-21-23-18/h2-4,6-7,12,15,17H,5,8-11,13-14H2,1H3,(H,21,23)(H,22,26). The van der Waals surface area contributed by atoms with Gasteiger partial charge in [0.1, 0.15) is 0 Å². The number of likely N-dealkylation sites (tertiary alicyclic amines) is 1. The van der Waals surface area contributed by atoms with Crippen molar-refractivity contribution in [1.29, 1.82) is 0 Å². The van der Waals surface area contributed by atoms with Crippen LogP contribution >= 0.6 is 0 Å². The molecule has 1 saturated heterocycles. The summed E-state index contributed by atoms with van der Waals surface area (Å²) in [5.41, 5.74) is 3.35. The third-order valence-corrected chi connectivity index (χ3v) is 5.66. The van der Waals surface area contributed by atoms with E-state index in [4.69, 9.17) is 0 Å². The second-order valence-electron chi connectivity index (χ2n) is 7.50. The van der Waals surface area contributed by atoms with Crippen LogP contribution in [0.1, 0.15) is 31.0 Å². The molecule has 2 N–H and O–H groups in total. The van der Waals surface area contributed by atoms with E-state index in [0.29, 0.717) is 5.92 Å². The van der Waals surface area contributed by atoms with Crippen LogP contribution in [-0.4, -0.2) is 46.8 Å². The van der Waals surface area contributed by atoms with Gasteiger partial charge in [-0.15, -0.1) is 0 Å². The van der Waals surface area contributed by atoms with Gasteiger partial charge in [-0.3, -0.25) is 14.9 Å². The van der Waals surface area contributed by atoms with Gasteiger partial charge >= 0.3 is 6.03 Å². The first-order valence-electron chi connectivity index (χ1n) is 9.57. The molecule has 0 aliphatic carbocycles. The molecule has 3 heterocycles. The monoisotopic (exact) mass is 353 g/mol. The maximum absolute atomic E-state index is 12.8. The van der Waals surface area contributed by atoms with Gasteiger partial charge in [-0.1, -0.05) is 30.3 Å². The van der Waals surface area contributed by atoms with Gasteiger partial charge in [0.05, 0.1) is 17.6 Å². The fourth-order valence-electron chi connectivity index (χ4n) is 4.11. The number of carbonyl (C=O) groups excluding carboxylic acids is 1. The molecule has 138 valence electrons. The number of rotatable bonds is 4. The van der Waals surface area contributed by atoms with Gasteiger partial charge in [-0.2, -0.15) is 5.10 Å². The van der Waals surface area contributed by atoms with Crippen molar-refractivity contribution in [1.82, 2.24) is 20.4 Å². The number of H-pyrrole nitrogens is 1. The summed E-state index contributed by atoms with van der Waals surface area (Å²) in [5, 5.41) is 10.3. The predicted octanol–water partition coefficient (Wildman–Crippen LogP) is 2.78. The summed E-state index contributed by atoms with van der Waals surface area (Å²) in [4.78, 5) is 17.1. The molecule has 2 atom stereocenters. The summed E-state index contributed by atoms with van der Waals surface area (Å²) in [6.45, 7) is 6.01. The minimum Gasteiger partial charge on any atom is -0.335 e. The number of aryl methyl sites for hydroxylation is 1. The molecule has 0 saturated carbocycles. The van der Waals surface area contributed by atoms with Crippen molar-refractivity contribution in [2.45, 2.75) is 38.8 Å². The number of anilines is 1. The second-order valence-corrected chi connectivity index (χ2v) is 7.50. The molecule has 1 fully saturated rings. The Morgan fingerprint density at radius 2 is 2.19 bits per heavy atom. The van der Waals surface area contributed by atoms with Crippen LogP contribution in [0.25, 0.3) is 0 Å². The Kier molecular flexibility index (Phi) is 4.93. The number of amides is 2. The molecule has 4 rings (SSSR count). The summed E-state index contributed by atoms with van der Waals surface area (Å²) in [6, 6.07) is 10.8. The lowest BCUT2D eigenvalue weighted by atomic mass is 10.0. The summed E-state index contributed by atoms with van der Waals surface area (Å²) in [6.07, 6.45) is 4.83. The summed E-state index contributed by atoms with van der Waals surface area (Å²) >= 11 is 0.